The van der Waals surface area contributed by atoms with Crippen molar-refractivity contribution in [3.63, 3.8) is 0 Å². The monoisotopic (exact) mass is 358 g/mol. The number of hydrogen-bond donors (Lipinski definition) is 1. The number of allylic oxidation sites excluding steroid dienone is 1. The molecule has 1 aliphatic rings. The van der Waals surface area contributed by atoms with E-state index in [1.54, 1.807) is 5.06 Å². The Balaban J connectivity index is 1.93. The van der Waals surface area contributed by atoms with E-state index in [1.165, 1.54) is 0 Å². The van der Waals surface area contributed by atoms with Gasteiger partial charge in [-0.15, -0.1) is 5.06 Å². The Morgan fingerprint density at radius 1 is 1.15 bits per heavy atom. The molecule has 142 valence electrons. The minimum absolute atomic E-state index is 0.188. The third kappa shape index (κ3) is 5.18. The maximum atomic E-state index is 12.0. The highest BCUT2D eigenvalue weighted by molar-refractivity contribution is 5.96. The molecule has 0 bridgehead atoms. The predicted molar refractivity (Wildman–Crippen MR) is 103 cm³/mol. The number of benzene rings is 1. The van der Waals surface area contributed by atoms with Gasteiger partial charge < -0.3 is 10.6 Å². The molecule has 1 aromatic carbocycles. The molecular formula is C21H30N2O3. The zero-order valence-electron chi connectivity index (χ0n) is 16.5. The molecule has 2 N–H and O–H groups in total. The van der Waals surface area contributed by atoms with Crippen LogP contribution in [0.1, 0.15) is 60.7 Å². The second kappa shape index (κ2) is 8.04. The van der Waals surface area contributed by atoms with Crippen molar-refractivity contribution in [1.29, 1.82) is 0 Å². The molecule has 1 aromatic rings. The Morgan fingerprint density at radius 3 is 2.15 bits per heavy atom. The van der Waals surface area contributed by atoms with E-state index >= 15 is 0 Å². The van der Waals surface area contributed by atoms with Crippen molar-refractivity contribution >= 4 is 18.0 Å². The first-order valence-corrected chi connectivity index (χ1v) is 9.14. The first-order chi connectivity index (χ1) is 12.1. The summed E-state index contributed by atoms with van der Waals surface area (Å²) in [5.74, 6) is -0.115. The van der Waals surface area contributed by atoms with Crippen LogP contribution in [-0.2, 0) is 9.63 Å². The molecule has 0 saturated carbocycles. The topological polar surface area (TPSA) is 72.6 Å². The Bertz CT molecular complexity index is 685. The van der Waals surface area contributed by atoms with Gasteiger partial charge in [-0.25, -0.2) is 4.79 Å². The molecule has 5 nitrogen and oxygen atoms in total. The fourth-order valence-corrected chi connectivity index (χ4v) is 3.14. The molecule has 1 saturated heterocycles. The van der Waals surface area contributed by atoms with Gasteiger partial charge >= 0.3 is 5.97 Å². The summed E-state index contributed by atoms with van der Waals surface area (Å²) in [5, 5.41) is 1.77. The lowest BCUT2D eigenvalue weighted by Gasteiger charge is -2.31. The maximum absolute atomic E-state index is 12.0. The van der Waals surface area contributed by atoms with Gasteiger partial charge in [0.1, 0.15) is 0 Å². The Kier molecular flexibility index (Phi) is 6.24. The number of aryl methyl sites for hydroxylation is 2. The van der Waals surface area contributed by atoms with E-state index in [-0.39, 0.29) is 11.9 Å². The summed E-state index contributed by atoms with van der Waals surface area (Å²) < 4.78 is 0. The van der Waals surface area contributed by atoms with Crippen LogP contribution in [0.4, 0.5) is 0 Å². The predicted octanol–water partition coefficient (Wildman–Crippen LogP) is 3.63. The van der Waals surface area contributed by atoms with Gasteiger partial charge in [0.2, 0.25) is 5.91 Å². The van der Waals surface area contributed by atoms with Crippen molar-refractivity contribution in [2.75, 3.05) is 13.1 Å². The van der Waals surface area contributed by atoms with E-state index in [0.29, 0.717) is 11.5 Å². The van der Waals surface area contributed by atoms with Crippen LogP contribution in [0.2, 0.25) is 0 Å². The van der Waals surface area contributed by atoms with Crippen LogP contribution in [0.15, 0.2) is 18.2 Å². The molecule has 2 rings (SSSR count). The fraction of sp³-hybridized carbons (Fsp3) is 0.524. The normalized spacial score (nSPS) is 16.8. The van der Waals surface area contributed by atoms with Crippen molar-refractivity contribution < 1.29 is 14.4 Å². The average molecular weight is 358 g/mol. The van der Waals surface area contributed by atoms with Crippen LogP contribution in [0.3, 0.4) is 0 Å². The van der Waals surface area contributed by atoms with Crippen molar-refractivity contribution in [2.24, 2.45) is 17.1 Å². The number of nitrogens with zero attached hydrogens (tertiary/aromatic N) is 1. The quantitative estimate of drug-likeness (QED) is 0.892. The Morgan fingerprint density at radius 2 is 1.69 bits per heavy atom. The highest BCUT2D eigenvalue weighted by Gasteiger charge is 2.27. The van der Waals surface area contributed by atoms with Gasteiger partial charge in [-0.2, -0.15) is 0 Å². The van der Waals surface area contributed by atoms with Gasteiger partial charge in [0, 0.05) is 18.7 Å². The third-order valence-electron chi connectivity index (χ3n) is 4.69. The summed E-state index contributed by atoms with van der Waals surface area (Å²) in [4.78, 5) is 28.9. The van der Waals surface area contributed by atoms with Gasteiger partial charge in [0.15, 0.2) is 0 Å². The number of hydrogen-bond acceptors (Lipinski definition) is 4. The number of piperidine rings is 1. The summed E-state index contributed by atoms with van der Waals surface area (Å²) in [6.45, 7) is 10.9. The number of primary amides is 1. The largest absolute Gasteiger partial charge is 0.367 e. The average Bonchev–Trinajstić information content (AvgIpc) is 2.52. The molecule has 1 heterocycles. The number of rotatable bonds is 4. The lowest BCUT2D eigenvalue weighted by molar-refractivity contribution is -0.205. The molecule has 1 aliphatic heterocycles. The van der Waals surface area contributed by atoms with Crippen LogP contribution < -0.4 is 5.73 Å². The SMILES string of the molecule is Cc1cc(/C=C/C2CCN(OC(=O)C(C)(C)C)CC2)cc(C)c1C(N)=O. The van der Waals surface area contributed by atoms with E-state index in [0.717, 1.165) is 42.6 Å². The molecule has 0 aromatic heterocycles. The summed E-state index contributed by atoms with van der Waals surface area (Å²) >= 11 is 0. The number of amides is 1. The van der Waals surface area contributed by atoms with Gasteiger partial charge in [-0.1, -0.05) is 24.3 Å². The van der Waals surface area contributed by atoms with Crippen LogP contribution in [0.5, 0.6) is 0 Å². The summed E-state index contributed by atoms with van der Waals surface area (Å²) in [6.07, 6.45) is 6.21. The standard InChI is InChI=1S/C21H30N2O3/c1-14-12-17(13-15(2)18(14)19(22)24)7-6-16-8-10-23(11-9-16)26-20(25)21(3,4)5/h6-7,12-13,16H,8-11H2,1-5H3,(H2,22,24)/b7-6+. The van der Waals surface area contributed by atoms with Crippen molar-refractivity contribution in [3.05, 3.63) is 40.5 Å². The lowest BCUT2D eigenvalue weighted by Crippen LogP contribution is -2.38. The van der Waals surface area contributed by atoms with Gasteiger partial charge in [0.05, 0.1) is 5.41 Å². The molecule has 0 unspecified atom stereocenters. The minimum atomic E-state index is -0.483. The molecule has 0 spiro atoms. The van der Waals surface area contributed by atoms with E-state index in [4.69, 9.17) is 10.6 Å². The van der Waals surface area contributed by atoms with E-state index < -0.39 is 5.41 Å². The van der Waals surface area contributed by atoms with Gasteiger partial charge in [-0.3, -0.25) is 4.79 Å². The summed E-state index contributed by atoms with van der Waals surface area (Å²) in [5.41, 5.74) is 8.44. The number of carbonyl (C=O) groups is 2. The van der Waals surface area contributed by atoms with E-state index in [2.05, 4.69) is 12.2 Å². The zero-order valence-corrected chi connectivity index (χ0v) is 16.5. The smallest absolute Gasteiger partial charge is 0.330 e. The van der Waals surface area contributed by atoms with Crippen molar-refractivity contribution in [1.82, 2.24) is 5.06 Å². The Hall–Kier alpha value is -2.14. The second-order valence-electron chi connectivity index (χ2n) is 8.15. The molecule has 0 atom stereocenters. The van der Waals surface area contributed by atoms with E-state index in [9.17, 15) is 9.59 Å². The molecule has 5 heteroatoms. The number of carbonyl (C=O) groups excluding carboxylic acids is 2. The van der Waals surface area contributed by atoms with E-state index in [1.807, 2.05) is 46.8 Å². The zero-order chi connectivity index (χ0) is 19.5. The third-order valence-corrected chi connectivity index (χ3v) is 4.69. The molecular weight excluding hydrogens is 328 g/mol. The number of hydroxylamine groups is 2. The maximum Gasteiger partial charge on any atom is 0.330 e. The lowest BCUT2D eigenvalue weighted by atomic mass is 9.94. The second-order valence-corrected chi connectivity index (χ2v) is 8.15. The van der Waals surface area contributed by atoms with Crippen molar-refractivity contribution in [2.45, 2.75) is 47.5 Å². The highest BCUT2D eigenvalue weighted by Crippen LogP contribution is 2.23. The molecule has 1 amide bonds. The number of nitrogens with two attached hydrogens (primary N) is 1. The van der Waals surface area contributed by atoms with Crippen LogP contribution in [0, 0.1) is 25.2 Å². The van der Waals surface area contributed by atoms with Crippen LogP contribution in [0.25, 0.3) is 6.08 Å². The van der Waals surface area contributed by atoms with Crippen LogP contribution in [-0.4, -0.2) is 30.0 Å². The fourth-order valence-electron chi connectivity index (χ4n) is 3.14. The molecule has 0 radical (unpaired) electrons. The summed E-state index contributed by atoms with van der Waals surface area (Å²) in [6, 6.07) is 3.98. The molecule has 1 fully saturated rings. The minimum Gasteiger partial charge on any atom is -0.367 e. The first-order valence-electron chi connectivity index (χ1n) is 9.14. The first kappa shape index (κ1) is 20.2. The van der Waals surface area contributed by atoms with Gasteiger partial charge in [-0.05, 0) is 70.1 Å². The Labute approximate surface area is 156 Å². The summed E-state index contributed by atoms with van der Waals surface area (Å²) in [7, 11) is 0. The molecule has 0 aliphatic carbocycles. The highest BCUT2D eigenvalue weighted by atomic mass is 16.7. The van der Waals surface area contributed by atoms with Crippen LogP contribution >= 0.6 is 0 Å². The van der Waals surface area contributed by atoms with Gasteiger partial charge in [0.25, 0.3) is 0 Å². The molecule has 26 heavy (non-hydrogen) atoms. The van der Waals surface area contributed by atoms with Crippen molar-refractivity contribution in [3.8, 4) is 0 Å².